The Kier molecular flexibility index (Phi) is 5.64. The summed E-state index contributed by atoms with van der Waals surface area (Å²) in [5, 5.41) is 7.90. The van der Waals surface area contributed by atoms with E-state index in [1.54, 1.807) is 0 Å². The van der Waals surface area contributed by atoms with Crippen LogP contribution in [0, 0.1) is 0 Å². The van der Waals surface area contributed by atoms with E-state index in [1.165, 1.54) is 5.56 Å². The Morgan fingerprint density at radius 1 is 1.37 bits per heavy atom. The summed E-state index contributed by atoms with van der Waals surface area (Å²) < 4.78 is 5.48. The van der Waals surface area contributed by atoms with Crippen molar-refractivity contribution in [3.8, 4) is 0 Å². The Balaban J connectivity index is 1.80. The first-order chi connectivity index (χ1) is 9.15. The lowest BCUT2D eigenvalue weighted by atomic mass is 10.0. The van der Waals surface area contributed by atoms with Crippen LogP contribution in [-0.2, 0) is 4.74 Å². The Morgan fingerprint density at radius 3 is 2.74 bits per heavy atom. The van der Waals surface area contributed by atoms with Crippen LogP contribution in [0.5, 0.6) is 0 Å². The second-order valence-electron chi connectivity index (χ2n) is 5.30. The third kappa shape index (κ3) is 4.77. The maximum atomic E-state index is 5.91. The molecular weight excluding hydrogens is 260 g/mol. The zero-order chi connectivity index (χ0) is 13.7. The van der Waals surface area contributed by atoms with Crippen molar-refractivity contribution < 1.29 is 4.74 Å². The number of halogens is 1. The first-order valence-electron chi connectivity index (χ1n) is 6.98. The van der Waals surface area contributed by atoms with Gasteiger partial charge >= 0.3 is 0 Å². The van der Waals surface area contributed by atoms with Crippen LogP contribution >= 0.6 is 11.6 Å². The first kappa shape index (κ1) is 14.8. The maximum absolute atomic E-state index is 5.91. The summed E-state index contributed by atoms with van der Waals surface area (Å²) in [4.78, 5) is 0. The molecule has 3 nitrogen and oxygen atoms in total. The standard InChI is InChI=1S/C15H23ClN2O/c1-11(9-15-10-19-8-7-17-15)18-12(2)13-3-5-14(16)6-4-13/h3-6,11-12,15,17-18H,7-10H2,1-2H3/t11?,12-,15?/m1/s1. The average Bonchev–Trinajstić information content (AvgIpc) is 2.40. The fourth-order valence-electron chi connectivity index (χ4n) is 2.54. The fourth-order valence-corrected chi connectivity index (χ4v) is 2.67. The molecule has 0 saturated carbocycles. The number of hydrogen-bond donors (Lipinski definition) is 2. The molecule has 0 aliphatic carbocycles. The van der Waals surface area contributed by atoms with Gasteiger partial charge in [-0.05, 0) is 38.0 Å². The third-order valence-electron chi connectivity index (χ3n) is 3.54. The van der Waals surface area contributed by atoms with Crippen LogP contribution in [0.4, 0.5) is 0 Å². The van der Waals surface area contributed by atoms with Crippen molar-refractivity contribution in [2.24, 2.45) is 0 Å². The largest absolute Gasteiger partial charge is 0.379 e. The van der Waals surface area contributed by atoms with Crippen molar-refractivity contribution in [2.75, 3.05) is 19.8 Å². The van der Waals surface area contributed by atoms with Gasteiger partial charge in [0.15, 0.2) is 0 Å². The molecule has 1 saturated heterocycles. The normalized spacial score (nSPS) is 23.0. The van der Waals surface area contributed by atoms with Crippen LogP contribution < -0.4 is 10.6 Å². The molecule has 1 heterocycles. The van der Waals surface area contributed by atoms with E-state index in [0.717, 1.165) is 31.2 Å². The predicted octanol–water partition coefficient (Wildman–Crippen LogP) is 2.76. The van der Waals surface area contributed by atoms with Gasteiger partial charge in [0, 0.05) is 29.7 Å². The van der Waals surface area contributed by atoms with Crippen LogP contribution in [0.3, 0.4) is 0 Å². The Bertz CT molecular complexity index is 376. The van der Waals surface area contributed by atoms with E-state index in [-0.39, 0.29) is 0 Å². The van der Waals surface area contributed by atoms with Gasteiger partial charge in [-0.15, -0.1) is 0 Å². The van der Waals surface area contributed by atoms with E-state index in [9.17, 15) is 0 Å². The van der Waals surface area contributed by atoms with Crippen LogP contribution in [-0.4, -0.2) is 31.8 Å². The molecule has 106 valence electrons. The molecule has 0 radical (unpaired) electrons. The SMILES string of the molecule is CC(CC1COCCN1)N[C@H](C)c1ccc(Cl)cc1. The second kappa shape index (κ2) is 7.25. The third-order valence-corrected chi connectivity index (χ3v) is 3.79. The smallest absolute Gasteiger partial charge is 0.0620 e. The molecule has 1 aliphatic heterocycles. The summed E-state index contributed by atoms with van der Waals surface area (Å²) >= 11 is 5.91. The topological polar surface area (TPSA) is 33.3 Å². The van der Waals surface area contributed by atoms with E-state index in [1.807, 2.05) is 12.1 Å². The fraction of sp³-hybridized carbons (Fsp3) is 0.600. The zero-order valence-corrected chi connectivity index (χ0v) is 12.4. The maximum Gasteiger partial charge on any atom is 0.0620 e. The van der Waals surface area contributed by atoms with Crippen molar-refractivity contribution in [2.45, 2.75) is 38.4 Å². The highest BCUT2D eigenvalue weighted by atomic mass is 35.5. The molecule has 1 aromatic carbocycles. The number of rotatable bonds is 5. The molecule has 0 bridgehead atoms. The zero-order valence-electron chi connectivity index (χ0n) is 11.7. The highest BCUT2D eigenvalue weighted by Gasteiger charge is 2.17. The number of ether oxygens (including phenoxy) is 1. The molecule has 2 unspecified atom stereocenters. The van der Waals surface area contributed by atoms with Gasteiger partial charge < -0.3 is 15.4 Å². The average molecular weight is 283 g/mol. The summed E-state index contributed by atoms with van der Waals surface area (Å²) in [6.07, 6.45) is 1.08. The van der Waals surface area contributed by atoms with Crippen molar-refractivity contribution in [3.63, 3.8) is 0 Å². The summed E-state index contributed by atoms with van der Waals surface area (Å²) in [6, 6.07) is 9.28. The van der Waals surface area contributed by atoms with Crippen molar-refractivity contribution in [1.29, 1.82) is 0 Å². The lowest BCUT2D eigenvalue weighted by molar-refractivity contribution is 0.0708. The number of nitrogens with one attached hydrogen (secondary N) is 2. The van der Waals surface area contributed by atoms with Crippen molar-refractivity contribution in [3.05, 3.63) is 34.9 Å². The minimum atomic E-state index is 0.330. The predicted molar refractivity (Wildman–Crippen MR) is 79.7 cm³/mol. The molecule has 2 N–H and O–H groups in total. The van der Waals surface area contributed by atoms with Gasteiger partial charge in [0.05, 0.1) is 13.2 Å². The van der Waals surface area contributed by atoms with Gasteiger partial charge in [-0.25, -0.2) is 0 Å². The highest BCUT2D eigenvalue weighted by Crippen LogP contribution is 2.17. The molecule has 3 atom stereocenters. The van der Waals surface area contributed by atoms with E-state index in [2.05, 4.69) is 36.6 Å². The van der Waals surface area contributed by atoms with Gasteiger partial charge in [0.25, 0.3) is 0 Å². The lowest BCUT2D eigenvalue weighted by Crippen LogP contribution is -2.45. The van der Waals surface area contributed by atoms with Crippen LogP contribution in [0.15, 0.2) is 24.3 Å². The van der Waals surface area contributed by atoms with Gasteiger partial charge in [0.1, 0.15) is 0 Å². The Labute approximate surface area is 120 Å². The van der Waals surface area contributed by atoms with E-state index in [0.29, 0.717) is 18.1 Å². The first-order valence-corrected chi connectivity index (χ1v) is 7.35. The molecule has 1 aliphatic rings. The number of benzene rings is 1. The monoisotopic (exact) mass is 282 g/mol. The highest BCUT2D eigenvalue weighted by molar-refractivity contribution is 6.30. The summed E-state index contributed by atoms with van der Waals surface area (Å²) in [5.74, 6) is 0. The molecular formula is C15H23ClN2O. The summed E-state index contributed by atoms with van der Waals surface area (Å²) in [5.41, 5.74) is 1.27. The molecule has 0 aromatic heterocycles. The molecule has 19 heavy (non-hydrogen) atoms. The molecule has 0 spiro atoms. The molecule has 2 rings (SSSR count). The Hall–Kier alpha value is -0.610. The van der Waals surface area contributed by atoms with Crippen molar-refractivity contribution in [1.82, 2.24) is 10.6 Å². The minimum absolute atomic E-state index is 0.330. The molecule has 1 aromatic rings. The molecule has 0 amide bonds. The van der Waals surface area contributed by atoms with Gasteiger partial charge in [0.2, 0.25) is 0 Å². The van der Waals surface area contributed by atoms with Crippen molar-refractivity contribution >= 4 is 11.6 Å². The number of hydrogen-bond acceptors (Lipinski definition) is 3. The van der Waals surface area contributed by atoms with Crippen LogP contribution in [0.1, 0.15) is 31.9 Å². The Morgan fingerprint density at radius 2 is 2.11 bits per heavy atom. The van der Waals surface area contributed by atoms with Crippen LogP contribution in [0.25, 0.3) is 0 Å². The van der Waals surface area contributed by atoms with E-state index < -0.39 is 0 Å². The summed E-state index contributed by atoms with van der Waals surface area (Å²) in [6.45, 7) is 7.03. The summed E-state index contributed by atoms with van der Waals surface area (Å²) in [7, 11) is 0. The number of morpholine rings is 1. The van der Waals surface area contributed by atoms with Gasteiger partial charge in [-0.1, -0.05) is 23.7 Å². The quantitative estimate of drug-likeness (QED) is 0.871. The van der Waals surface area contributed by atoms with Gasteiger partial charge in [-0.2, -0.15) is 0 Å². The lowest BCUT2D eigenvalue weighted by Gasteiger charge is -2.28. The second-order valence-corrected chi connectivity index (χ2v) is 5.74. The molecule has 4 heteroatoms. The van der Waals surface area contributed by atoms with E-state index in [4.69, 9.17) is 16.3 Å². The molecule has 1 fully saturated rings. The minimum Gasteiger partial charge on any atom is -0.379 e. The van der Waals surface area contributed by atoms with Crippen LogP contribution in [0.2, 0.25) is 5.02 Å². The van der Waals surface area contributed by atoms with Gasteiger partial charge in [-0.3, -0.25) is 0 Å². The van der Waals surface area contributed by atoms with E-state index >= 15 is 0 Å².